The van der Waals surface area contributed by atoms with Crippen LogP contribution in [0, 0.1) is 17.7 Å². The highest BCUT2D eigenvalue weighted by Gasteiger charge is 2.08. The minimum atomic E-state index is -0.312. The van der Waals surface area contributed by atoms with Crippen LogP contribution >= 0.6 is 0 Å². The molecule has 0 atom stereocenters. The highest BCUT2D eigenvalue weighted by atomic mass is 16.3. The Labute approximate surface area is 101 Å². The molecule has 1 aromatic heterocycles. The molecule has 0 saturated carbocycles. The van der Waals surface area contributed by atoms with Crippen molar-refractivity contribution in [2.75, 3.05) is 6.61 Å². The Morgan fingerprint density at radius 3 is 2.53 bits per heavy atom. The third-order valence-corrected chi connectivity index (χ3v) is 2.52. The number of pyridine rings is 1. The van der Waals surface area contributed by atoms with Crippen molar-refractivity contribution in [3.8, 4) is 0 Å². The highest BCUT2D eigenvalue weighted by molar-refractivity contribution is 6.09. The second kappa shape index (κ2) is 5.50. The summed E-state index contributed by atoms with van der Waals surface area (Å²) in [5.74, 6) is 0. The van der Waals surface area contributed by atoms with E-state index in [4.69, 9.17) is 15.9 Å². The third-order valence-electron chi connectivity index (χ3n) is 2.52. The van der Waals surface area contributed by atoms with Crippen molar-refractivity contribution in [1.29, 1.82) is 10.8 Å². The molecule has 0 spiro atoms. The van der Waals surface area contributed by atoms with E-state index in [1.807, 2.05) is 26.8 Å². The van der Waals surface area contributed by atoms with Gasteiger partial charge in [0.05, 0.1) is 18.0 Å². The Kier molecular flexibility index (Phi) is 4.29. The number of aliphatic hydroxyl groups is 1. The van der Waals surface area contributed by atoms with Crippen LogP contribution in [0.3, 0.4) is 0 Å². The van der Waals surface area contributed by atoms with Crippen LogP contribution in [0.25, 0.3) is 5.57 Å². The van der Waals surface area contributed by atoms with Gasteiger partial charge in [0.25, 0.3) is 0 Å². The fourth-order valence-electron chi connectivity index (χ4n) is 1.63. The van der Waals surface area contributed by atoms with E-state index in [1.54, 1.807) is 6.20 Å². The van der Waals surface area contributed by atoms with E-state index in [0.29, 0.717) is 5.69 Å². The predicted octanol–water partition coefficient (Wildman–Crippen LogP) is 2.19. The van der Waals surface area contributed by atoms with Gasteiger partial charge in [-0.2, -0.15) is 0 Å². The molecule has 0 aliphatic rings. The maximum Gasteiger partial charge on any atom is 0.0890 e. The fourth-order valence-corrected chi connectivity index (χ4v) is 1.63. The fraction of sp³-hybridized carbons (Fsp3) is 0.308. The Morgan fingerprint density at radius 1 is 1.47 bits per heavy atom. The Balaban J connectivity index is 3.26. The molecule has 0 aromatic carbocycles. The van der Waals surface area contributed by atoms with Crippen LogP contribution in [0.5, 0.6) is 0 Å². The second-order valence-corrected chi connectivity index (χ2v) is 4.08. The molecule has 1 aromatic rings. The SMILES string of the molecule is CC(C)=C(C=N)c1cnc(C(=N)CO)c(C)c1. The number of nitrogens with zero attached hydrogens (tertiary/aromatic N) is 1. The minimum Gasteiger partial charge on any atom is -0.390 e. The number of rotatable bonds is 4. The zero-order valence-electron chi connectivity index (χ0n) is 10.3. The molecule has 1 rings (SSSR count). The van der Waals surface area contributed by atoms with Gasteiger partial charge in [-0.05, 0) is 38.0 Å². The summed E-state index contributed by atoms with van der Waals surface area (Å²) >= 11 is 0. The predicted molar refractivity (Wildman–Crippen MR) is 69.9 cm³/mol. The molecular formula is C13H17N3O. The Morgan fingerprint density at radius 2 is 2.12 bits per heavy atom. The molecule has 17 heavy (non-hydrogen) atoms. The molecule has 0 saturated heterocycles. The van der Waals surface area contributed by atoms with Gasteiger partial charge in [0, 0.05) is 18.0 Å². The minimum absolute atomic E-state index is 0.114. The van der Waals surface area contributed by atoms with Gasteiger partial charge in [0.1, 0.15) is 0 Å². The molecular weight excluding hydrogens is 214 g/mol. The maximum absolute atomic E-state index is 8.92. The smallest absolute Gasteiger partial charge is 0.0890 e. The van der Waals surface area contributed by atoms with Crippen LogP contribution < -0.4 is 0 Å². The monoisotopic (exact) mass is 231 g/mol. The van der Waals surface area contributed by atoms with Gasteiger partial charge in [0.2, 0.25) is 0 Å². The molecule has 0 unspecified atom stereocenters. The zero-order chi connectivity index (χ0) is 13.0. The van der Waals surface area contributed by atoms with Crippen molar-refractivity contribution in [3.05, 3.63) is 34.7 Å². The zero-order valence-corrected chi connectivity index (χ0v) is 10.3. The standard InChI is InChI=1S/C13H17N3O/c1-8(2)11(5-14)10-4-9(3)13(16-6-10)12(15)7-17/h4-6,14-15,17H,7H2,1-3H3. The van der Waals surface area contributed by atoms with Crippen molar-refractivity contribution in [2.45, 2.75) is 20.8 Å². The van der Waals surface area contributed by atoms with Crippen LogP contribution in [-0.2, 0) is 0 Å². The summed E-state index contributed by atoms with van der Waals surface area (Å²) in [5, 5.41) is 23.9. The first-order valence-corrected chi connectivity index (χ1v) is 5.34. The topological polar surface area (TPSA) is 80.8 Å². The lowest BCUT2D eigenvalue weighted by molar-refractivity contribution is 0.356. The average molecular weight is 231 g/mol. The summed E-state index contributed by atoms with van der Waals surface area (Å²) in [6, 6.07) is 1.89. The Hall–Kier alpha value is -1.81. The summed E-state index contributed by atoms with van der Waals surface area (Å²) in [7, 11) is 0. The molecule has 0 radical (unpaired) electrons. The number of aliphatic hydroxyl groups excluding tert-OH is 1. The first-order valence-electron chi connectivity index (χ1n) is 5.34. The molecule has 0 bridgehead atoms. The van der Waals surface area contributed by atoms with Gasteiger partial charge < -0.3 is 15.9 Å². The lowest BCUT2D eigenvalue weighted by Gasteiger charge is -2.09. The second-order valence-electron chi connectivity index (χ2n) is 4.08. The van der Waals surface area contributed by atoms with Gasteiger partial charge in [0.15, 0.2) is 0 Å². The number of hydrogen-bond acceptors (Lipinski definition) is 4. The number of aryl methyl sites for hydroxylation is 1. The van der Waals surface area contributed by atoms with Crippen molar-refractivity contribution in [1.82, 2.24) is 4.98 Å². The molecule has 0 aliphatic carbocycles. The summed E-state index contributed by atoms with van der Waals surface area (Å²) in [4.78, 5) is 4.18. The van der Waals surface area contributed by atoms with E-state index in [0.717, 1.165) is 22.3 Å². The van der Waals surface area contributed by atoms with Crippen molar-refractivity contribution in [2.24, 2.45) is 0 Å². The van der Waals surface area contributed by atoms with Crippen LogP contribution in [0.2, 0.25) is 0 Å². The number of allylic oxidation sites excluding steroid dienone is 2. The number of nitrogens with one attached hydrogen (secondary N) is 2. The molecule has 3 N–H and O–H groups in total. The molecule has 4 nitrogen and oxygen atoms in total. The van der Waals surface area contributed by atoms with E-state index >= 15 is 0 Å². The molecule has 1 heterocycles. The molecule has 4 heteroatoms. The summed E-state index contributed by atoms with van der Waals surface area (Å²) in [6.07, 6.45) is 2.95. The van der Waals surface area contributed by atoms with E-state index in [-0.39, 0.29) is 12.3 Å². The van der Waals surface area contributed by atoms with Crippen molar-refractivity contribution < 1.29 is 5.11 Å². The summed E-state index contributed by atoms with van der Waals surface area (Å²) in [6.45, 7) is 5.43. The highest BCUT2D eigenvalue weighted by Crippen LogP contribution is 2.18. The van der Waals surface area contributed by atoms with Crippen LogP contribution in [-0.4, -0.2) is 28.6 Å². The van der Waals surface area contributed by atoms with Crippen LogP contribution in [0.1, 0.15) is 30.7 Å². The third kappa shape index (κ3) is 2.85. The first kappa shape index (κ1) is 13.3. The van der Waals surface area contributed by atoms with Gasteiger partial charge in [-0.1, -0.05) is 5.57 Å². The van der Waals surface area contributed by atoms with Gasteiger partial charge in [-0.3, -0.25) is 4.98 Å². The lowest BCUT2D eigenvalue weighted by atomic mass is 10.0. The quantitative estimate of drug-likeness (QED) is 0.694. The van der Waals surface area contributed by atoms with Gasteiger partial charge >= 0.3 is 0 Å². The normalized spacial score (nSPS) is 9.88. The van der Waals surface area contributed by atoms with E-state index in [2.05, 4.69) is 4.98 Å². The summed E-state index contributed by atoms with van der Waals surface area (Å²) < 4.78 is 0. The first-order chi connectivity index (χ1) is 8.01. The van der Waals surface area contributed by atoms with E-state index in [9.17, 15) is 0 Å². The lowest BCUT2D eigenvalue weighted by Crippen LogP contribution is -2.09. The molecule has 0 fully saturated rings. The molecule has 0 amide bonds. The number of hydrogen-bond donors (Lipinski definition) is 3. The van der Waals surface area contributed by atoms with Crippen LogP contribution in [0.4, 0.5) is 0 Å². The van der Waals surface area contributed by atoms with Gasteiger partial charge in [-0.15, -0.1) is 0 Å². The van der Waals surface area contributed by atoms with Crippen LogP contribution in [0.15, 0.2) is 17.8 Å². The number of aromatic nitrogens is 1. The molecule has 90 valence electrons. The summed E-state index contributed by atoms with van der Waals surface area (Å²) in [5.41, 5.74) is 4.21. The van der Waals surface area contributed by atoms with E-state index in [1.165, 1.54) is 6.21 Å². The molecule has 0 aliphatic heterocycles. The largest absolute Gasteiger partial charge is 0.390 e. The van der Waals surface area contributed by atoms with Crippen molar-refractivity contribution in [3.63, 3.8) is 0 Å². The van der Waals surface area contributed by atoms with Gasteiger partial charge in [-0.25, -0.2) is 0 Å². The maximum atomic E-state index is 8.92. The van der Waals surface area contributed by atoms with E-state index < -0.39 is 0 Å². The van der Waals surface area contributed by atoms with Crippen molar-refractivity contribution >= 4 is 17.5 Å². The average Bonchev–Trinajstić information content (AvgIpc) is 2.28. The Bertz CT molecular complexity index is 485.